The van der Waals surface area contributed by atoms with Crippen molar-refractivity contribution in [1.29, 1.82) is 0 Å². The standard InChI is InChI=1S/C21H20N4O4S/c1-11-9-12(2)23-21(22-11)24-30(28,29)16-7-5-15(6-8-16)25-19(26)17-13-3-4-14(10-13)18(17)20(25)27/h3-9,13-14,17-18H,10H2,1-2H3,(H,22,23,24)/t13-,14-,17-,18-/m0/s1. The molecule has 3 aliphatic rings. The molecule has 1 saturated heterocycles. The normalized spacial score (nSPS) is 27.1. The molecule has 154 valence electrons. The number of allylic oxidation sites excluding steroid dienone is 2. The van der Waals surface area contributed by atoms with E-state index in [4.69, 9.17) is 0 Å². The largest absolute Gasteiger partial charge is 0.274 e. The SMILES string of the molecule is Cc1cc(C)nc(NS(=O)(=O)c2ccc(N3C(=O)[C@@H]4[C@@H](C3=O)[C@H]3C=C[C@H]4C3)cc2)n1. The molecule has 1 N–H and O–H groups in total. The van der Waals surface area contributed by atoms with Crippen molar-refractivity contribution >= 4 is 33.5 Å². The molecule has 2 amide bonds. The lowest BCUT2D eigenvalue weighted by Crippen LogP contribution is -2.32. The van der Waals surface area contributed by atoms with Crippen molar-refractivity contribution in [3.8, 4) is 0 Å². The second-order valence-corrected chi connectivity index (χ2v) is 9.77. The summed E-state index contributed by atoms with van der Waals surface area (Å²) in [6.45, 7) is 3.50. The van der Waals surface area contributed by atoms with Crippen LogP contribution in [0.1, 0.15) is 17.8 Å². The molecule has 0 spiro atoms. The number of carbonyl (C=O) groups excluding carboxylic acids is 2. The van der Waals surface area contributed by atoms with Crippen LogP contribution in [0.4, 0.5) is 11.6 Å². The maximum atomic E-state index is 12.9. The van der Waals surface area contributed by atoms with Crippen LogP contribution in [-0.4, -0.2) is 30.2 Å². The summed E-state index contributed by atoms with van der Waals surface area (Å²) in [4.78, 5) is 35.2. The van der Waals surface area contributed by atoms with E-state index in [1.807, 2.05) is 12.2 Å². The minimum absolute atomic E-state index is 0.00252. The van der Waals surface area contributed by atoms with Crippen molar-refractivity contribution in [1.82, 2.24) is 9.97 Å². The number of sulfonamides is 1. The molecule has 2 bridgehead atoms. The van der Waals surface area contributed by atoms with Crippen molar-refractivity contribution in [3.63, 3.8) is 0 Å². The number of benzene rings is 1. The minimum atomic E-state index is -3.91. The lowest BCUT2D eigenvalue weighted by atomic mass is 9.85. The Morgan fingerprint density at radius 3 is 2.00 bits per heavy atom. The maximum Gasteiger partial charge on any atom is 0.264 e. The first kappa shape index (κ1) is 18.9. The monoisotopic (exact) mass is 424 g/mol. The Balaban J connectivity index is 1.39. The van der Waals surface area contributed by atoms with Gasteiger partial charge in [-0.15, -0.1) is 0 Å². The zero-order chi connectivity index (χ0) is 21.2. The third-order valence-electron chi connectivity index (χ3n) is 6.08. The summed E-state index contributed by atoms with van der Waals surface area (Å²) in [7, 11) is -3.91. The van der Waals surface area contributed by atoms with Crippen LogP contribution in [0.25, 0.3) is 0 Å². The van der Waals surface area contributed by atoms with Gasteiger partial charge < -0.3 is 0 Å². The summed E-state index contributed by atoms with van der Waals surface area (Å²) in [5.41, 5.74) is 1.69. The molecular formula is C21H20N4O4S. The van der Waals surface area contributed by atoms with Gasteiger partial charge in [-0.1, -0.05) is 12.2 Å². The second-order valence-electron chi connectivity index (χ2n) is 8.09. The van der Waals surface area contributed by atoms with E-state index < -0.39 is 10.0 Å². The van der Waals surface area contributed by atoms with Gasteiger partial charge >= 0.3 is 0 Å². The predicted octanol–water partition coefficient (Wildman–Crippen LogP) is 2.21. The maximum absolute atomic E-state index is 12.9. The summed E-state index contributed by atoms with van der Waals surface area (Å²) in [5, 5.41) is 0. The number of carbonyl (C=O) groups is 2. The Bertz CT molecular complexity index is 1160. The van der Waals surface area contributed by atoms with Crippen LogP contribution in [0.3, 0.4) is 0 Å². The molecule has 1 aromatic heterocycles. The Kier molecular flexibility index (Phi) is 4.08. The van der Waals surface area contributed by atoms with Crippen molar-refractivity contribution in [2.24, 2.45) is 23.7 Å². The molecule has 5 rings (SSSR count). The summed E-state index contributed by atoms with van der Waals surface area (Å²) in [6.07, 6.45) is 4.94. The quantitative estimate of drug-likeness (QED) is 0.595. The van der Waals surface area contributed by atoms with E-state index in [9.17, 15) is 18.0 Å². The van der Waals surface area contributed by atoms with Gasteiger partial charge in [0.15, 0.2) is 0 Å². The van der Waals surface area contributed by atoms with Gasteiger partial charge in [0.05, 0.1) is 22.4 Å². The Hall–Kier alpha value is -3.07. The van der Waals surface area contributed by atoms with Crippen molar-refractivity contribution in [2.45, 2.75) is 25.2 Å². The number of rotatable bonds is 4. The topological polar surface area (TPSA) is 109 Å². The fourth-order valence-electron chi connectivity index (χ4n) is 4.88. The Labute approximate surface area is 174 Å². The van der Waals surface area contributed by atoms with Gasteiger partial charge in [-0.25, -0.2) is 23.1 Å². The molecule has 4 atom stereocenters. The van der Waals surface area contributed by atoms with Crippen LogP contribution < -0.4 is 9.62 Å². The highest BCUT2D eigenvalue weighted by atomic mass is 32.2. The molecule has 2 fully saturated rings. The summed E-state index contributed by atoms with van der Waals surface area (Å²) in [5.74, 6) is -0.722. The molecule has 0 radical (unpaired) electrons. The van der Waals surface area contributed by atoms with E-state index in [2.05, 4.69) is 14.7 Å². The lowest BCUT2D eigenvalue weighted by Gasteiger charge is -2.17. The summed E-state index contributed by atoms with van der Waals surface area (Å²) < 4.78 is 27.8. The number of amides is 2. The van der Waals surface area contributed by atoms with Crippen LogP contribution in [0.5, 0.6) is 0 Å². The highest BCUT2D eigenvalue weighted by Crippen LogP contribution is 2.53. The van der Waals surface area contributed by atoms with E-state index in [0.717, 1.165) is 6.42 Å². The predicted molar refractivity (Wildman–Crippen MR) is 109 cm³/mol. The number of fused-ring (bicyclic) bond motifs is 5. The first-order chi connectivity index (χ1) is 14.2. The van der Waals surface area contributed by atoms with Gasteiger partial charge in [0.1, 0.15) is 0 Å². The van der Waals surface area contributed by atoms with E-state index in [1.165, 1.54) is 29.2 Å². The third kappa shape index (κ3) is 2.84. The average molecular weight is 424 g/mol. The molecule has 1 aliphatic heterocycles. The van der Waals surface area contributed by atoms with E-state index in [-0.39, 0.29) is 46.3 Å². The van der Waals surface area contributed by atoms with E-state index in [1.54, 1.807) is 19.9 Å². The Morgan fingerprint density at radius 2 is 1.47 bits per heavy atom. The highest BCUT2D eigenvalue weighted by molar-refractivity contribution is 7.92. The van der Waals surface area contributed by atoms with E-state index >= 15 is 0 Å². The van der Waals surface area contributed by atoms with Crippen LogP contribution in [0.2, 0.25) is 0 Å². The number of aryl methyl sites for hydroxylation is 2. The van der Waals surface area contributed by atoms with Crippen LogP contribution >= 0.6 is 0 Å². The molecule has 0 unspecified atom stereocenters. The lowest BCUT2D eigenvalue weighted by molar-refractivity contribution is -0.123. The molecule has 8 nitrogen and oxygen atoms in total. The summed E-state index contributed by atoms with van der Waals surface area (Å²) in [6, 6.07) is 7.48. The third-order valence-corrected chi connectivity index (χ3v) is 7.43. The zero-order valence-electron chi connectivity index (χ0n) is 16.4. The fraction of sp³-hybridized carbons (Fsp3) is 0.333. The Morgan fingerprint density at radius 1 is 0.933 bits per heavy atom. The van der Waals surface area contributed by atoms with Gasteiger partial charge in [-0.3, -0.25) is 14.5 Å². The molecular weight excluding hydrogens is 404 g/mol. The molecule has 2 aromatic rings. The molecule has 2 heterocycles. The second kappa shape index (κ2) is 6.46. The average Bonchev–Trinajstić information content (AvgIpc) is 3.34. The van der Waals surface area contributed by atoms with Crippen LogP contribution in [0.15, 0.2) is 47.4 Å². The molecule has 9 heteroatoms. The van der Waals surface area contributed by atoms with Gasteiger partial charge in [0.25, 0.3) is 10.0 Å². The molecule has 30 heavy (non-hydrogen) atoms. The smallest absolute Gasteiger partial charge is 0.264 e. The van der Waals surface area contributed by atoms with Gasteiger partial charge in [-0.2, -0.15) is 0 Å². The zero-order valence-corrected chi connectivity index (χ0v) is 17.3. The minimum Gasteiger partial charge on any atom is -0.274 e. The number of imide groups is 1. The van der Waals surface area contributed by atoms with Crippen molar-refractivity contribution in [2.75, 3.05) is 9.62 Å². The number of hydrogen-bond acceptors (Lipinski definition) is 6. The van der Waals surface area contributed by atoms with Crippen LogP contribution in [0, 0.1) is 37.5 Å². The van der Waals surface area contributed by atoms with Crippen molar-refractivity contribution in [3.05, 3.63) is 53.9 Å². The van der Waals surface area contributed by atoms with Gasteiger partial charge in [0, 0.05) is 11.4 Å². The van der Waals surface area contributed by atoms with Gasteiger partial charge in [-0.05, 0) is 62.4 Å². The van der Waals surface area contributed by atoms with Gasteiger partial charge in [0.2, 0.25) is 17.8 Å². The van der Waals surface area contributed by atoms with E-state index in [0.29, 0.717) is 17.1 Å². The number of anilines is 2. The molecule has 2 aliphatic carbocycles. The number of nitrogens with one attached hydrogen (secondary N) is 1. The van der Waals surface area contributed by atoms with Crippen molar-refractivity contribution < 1.29 is 18.0 Å². The fourth-order valence-corrected chi connectivity index (χ4v) is 5.83. The van der Waals surface area contributed by atoms with Crippen LogP contribution in [-0.2, 0) is 19.6 Å². The summed E-state index contributed by atoms with van der Waals surface area (Å²) >= 11 is 0. The number of hydrogen-bond donors (Lipinski definition) is 1. The highest BCUT2D eigenvalue weighted by Gasteiger charge is 2.59. The number of nitrogens with zero attached hydrogens (tertiary/aromatic N) is 3. The molecule has 1 saturated carbocycles. The number of aromatic nitrogens is 2. The molecule has 1 aromatic carbocycles. The first-order valence-corrected chi connectivity index (χ1v) is 11.2. The first-order valence-electron chi connectivity index (χ1n) is 9.76.